The zero-order valence-corrected chi connectivity index (χ0v) is 18.9. The van der Waals surface area contributed by atoms with Gasteiger partial charge < -0.3 is 15.5 Å². The molecule has 9 heteroatoms. The molecule has 1 aromatic carbocycles. The molecule has 1 fully saturated rings. The van der Waals surface area contributed by atoms with Crippen molar-refractivity contribution < 1.29 is 14.4 Å². The fraction of sp³-hybridized carbons (Fsp3) is 0.292. The average molecular weight is 464 g/mol. The van der Waals surface area contributed by atoms with Gasteiger partial charge >= 0.3 is 0 Å². The second kappa shape index (κ2) is 10.8. The molecular weight excluding hydrogens is 438 g/mol. The molecule has 8 nitrogen and oxygen atoms in total. The molecule has 0 spiro atoms. The fourth-order valence-electron chi connectivity index (χ4n) is 3.36. The van der Waals surface area contributed by atoms with Crippen molar-refractivity contribution in [3.63, 3.8) is 0 Å². The maximum atomic E-state index is 12.8. The Hall–Kier alpha value is -3.59. The Bertz CT molecular complexity index is 1100. The van der Waals surface area contributed by atoms with Crippen molar-refractivity contribution in [1.29, 1.82) is 0 Å². The van der Waals surface area contributed by atoms with Gasteiger partial charge in [0, 0.05) is 41.8 Å². The second-order valence-corrected chi connectivity index (χ2v) is 8.68. The maximum absolute atomic E-state index is 12.8. The molecule has 3 amide bonds. The summed E-state index contributed by atoms with van der Waals surface area (Å²) in [6.07, 6.45) is 4.33. The number of carbonyl (C=O) groups is 3. The van der Waals surface area contributed by atoms with Crippen LogP contribution < -0.4 is 10.6 Å². The first-order valence-electron chi connectivity index (χ1n) is 10.9. The van der Waals surface area contributed by atoms with Crippen molar-refractivity contribution in [2.75, 3.05) is 18.4 Å². The van der Waals surface area contributed by atoms with Crippen LogP contribution in [-0.2, 0) is 22.4 Å². The molecule has 0 bridgehead atoms. The van der Waals surface area contributed by atoms with Crippen molar-refractivity contribution in [1.82, 2.24) is 20.2 Å². The monoisotopic (exact) mass is 463 g/mol. The number of rotatable bonds is 10. The second-order valence-electron chi connectivity index (χ2n) is 7.82. The van der Waals surface area contributed by atoms with Gasteiger partial charge in [0.2, 0.25) is 11.8 Å². The van der Waals surface area contributed by atoms with E-state index in [2.05, 4.69) is 20.6 Å². The molecular formula is C24H25N5O3S. The number of hydrogen-bond donors (Lipinski definition) is 2. The minimum atomic E-state index is -0.299. The number of aromatic nitrogens is 2. The first-order valence-corrected chi connectivity index (χ1v) is 11.7. The van der Waals surface area contributed by atoms with Gasteiger partial charge in [-0.15, -0.1) is 11.3 Å². The zero-order chi connectivity index (χ0) is 23.0. The highest BCUT2D eigenvalue weighted by molar-refractivity contribution is 7.13. The Morgan fingerprint density at radius 3 is 2.52 bits per heavy atom. The van der Waals surface area contributed by atoms with E-state index >= 15 is 0 Å². The van der Waals surface area contributed by atoms with Gasteiger partial charge in [-0.05, 0) is 37.1 Å². The van der Waals surface area contributed by atoms with Crippen molar-refractivity contribution in [2.24, 2.45) is 0 Å². The van der Waals surface area contributed by atoms with Gasteiger partial charge in [-0.1, -0.05) is 24.3 Å². The third-order valence-electron chi connectivity index (χ3n) is 5.15. The van der Waals surface area contributed by atoms with Crippen molar-refractivity contribution in [3.8, 4) is 0 Å². The molecule has 0 unspecified atom stereocenters. The standard InChI is InChI=1S/C24H25N5O3S/c30-21(26-13-11-18-8-4-5-12-25-18)14-19-16-33-24(27-19)28-22(31)15-29(20-9-10-20)23(32)17-6-2-1-3-7-17/h1-8,12,16,20H,9-11,13-15H2,(H,26,30)(H,27,28,31). The van der Waals surface area contributed by atoms with Gasteiger partial charge in [-0.2, -0.15) is 0 Å². The molecule has 2 aromatic heterocycles. The van der Waals surface area contributed by atoms with Crippen molar-refractivity contribution in [2.45, 2.75) is 31.7 Å². The summed E-state index contributed by atoms with van der Waals surface area (Å²) < 4.78 is 0. The maximum Gasteiger partial charge on any atom is 0.254 e. The van der Waals surface area contributed by atoms with Crippen LogP contribution in [0.3, 0.4) is 0 Å². The molecule has 170 valence electrons. The van der Waals surface area contributed by atoms with Gasteiger partial charge in [0.25, 0.3) is 5.91 Å². The number of carbonyl (C=O) groups excluding carboxylic acids is 3. The third-order valence-corrected chi connectivity index (χ3v) is 5.96. The largest absolute Gasteiger partial charge is 0.355 e. The van der Waals surface area contributed by atoms with Crippen LogP contribution in [0.1, 0.15) is 34.6 Å². The number of thiazole rings is 1. The molecule has 0 atom stereocenters. The van der Waals surface area contributed by atoms with E-state index in [4.69, 9.17) is 0 Å². The van der Waals surface area contributed by atoms with E-state index in [1.165, 1.54) is 11.3 Å². The van der Waals surface area contributed by atoms with Crippen molar-refractivity contribution >= 4 is 34.2 Å². The summed E-state index contributed by atoms with van der Waals surface area (Å²) in [5.74, 6) is -0.579. The number of amides is 3. The average Bonchev–Trinajstić information content (AvgIpc) is 3.58. The van der Waals surface area contributed by atoms with Gasteiger partial charge in [-0.25, -0.2) is 4.98 Å². The number of pyridine rings is 1. The zero-order valence-electron chi connectivity index (χ0n) is 18.1. The Balaban J connectivity index is 1.25. The highest BCUT2D eigenvalue weighted by Crippen LogP contribution is 2.28. The van der Waals surface area contributed by atoms with Gasteiger partial charge in [0.05, 0.1) is 12.1 Å². The van der Waals surface area contributed by atoms with E-state index in [1.807, 2.05) is 36.4 Å². The van der Waals surface area contributed by atoms with Crippen LogP contribution in [-0.4, -0.2) is 51.7 Å². The lowest BCUT2D eigenvalue weighted by Crippen LogP contribution is -2.39. The smallest absolute Gasteiger partial charge is 0.254 e. The predicted molar refractivity (Wildman–Crippen MR) is 126 cm³/mol. The Kier molecular flexibility index (Phi) is 7.41. The first-order chi connectivity index (χ1) is 16.1. The summed E-state index contributed by atoms with van der Waals surface area (Å²) in [5, 5.41) is 7.78. The number of nitrogens with one attached hydrogen (secondary N) is 2. The summed E-state index contributed by atoms with van der Waals surface area (Å²) in [4.78, 5) is 47.7. The van der Waals surface area contributed by atoms with Crippen molar-refractivity contribution in [3.05, 3.63) is 77.1 Å². The normalized spacial score (nSPS) is 12.7. The molecule has 1 aliphatic carbocycles. The summed E-state index contributed by atoms with van der Waals surface area (Å²) in [6.45, 7) is 0.470. The summed E-state index contributed by atoms with van der Waals surface area (Å²) in [7, 11) is 0. The highest BCUT2D eigenvalue weighted by Gasteiger charge is 2.34. The topological polar surface area (TPSA) is 104 Å². The minimum Gasteiger partial charge on any atom is -0.355 e. The molecule has 4 rings (SSSR count). The lowest BCUT2D eigenvalue weighted by atomic mass is 10.2. The minimum absolute atomic E-state index is 0.0265. The van der Waals surface area contributed by atoms with Crippen LogP contribution in [0.5, 0.6) is 0 Å². The molecule has 1 aliphatic rings. The van der Waals surface area contributed by atoms with E-state index < -0.39 is 0 Å². The van der Waals surface area contributed by atoms with Gasteiger partial charge in [-0.3, -0.25) is 19.4 Å². The lowest BCUT2D eigenvalue weighted by Gasteiger charge is -2.21. The molecule has 0 aliphatic heterocycles. The molecule has 1 saturated carbocycles. The quantitative estimate of drug-likeness (QED) is 0.481. The fourth-order valence-corrected chi connectivity index (χ4v) is 4.09. The van der Waals surface area contributed by atoms with Crippen LogP contribution in [0, 0.1) is 0 Å². The van der Waals surface area contributed by atoms with E-state index in [0.717, 1.165) is 18.5 Å². The number of nitrogens with zero attached hydrogens (tertiary/aromatic N) is 3. The number of hydrogen-bond acceptors (Lipinski definition) is 6. The van der Waals surface area contributed by atoms with Crippen LogP contribution in [0.25, 0.3) is 0 Å². The molecule has 0 saturated heterocycles. The molecule has 0 radical (unpaired) electrons. The van der Waals surface area contributed by atoms with Crippen LogP contribution in [0.2, 0.25) is 0 Å². The predicted octanol–water partition coefficient (Wildman–Crippen LogP) is 2.68. The summed E-state index contributed by atoms with van der Waals surface area (Å²) >= 11 is 1.26. The Morgan fingerprint density at radius 1 is 1.00 bits per heavy atom. The van der Waals surface area contributed by atoms with E-state index in [1.54, 1.807) is 28.6 Å². The number of benzene rings is 1. The Labute approximate surface area is 196 Å². The highest BCUT2D eigenvalue weighted by atomic mass is 32.1. The van der Waals surface area contributed by atoms with Crippen LogP contribution >= 0.6 is 11.3 Å². The summed E-state index contributed by atoms with van der Waals surface area (Å²) in [5.41, 5.74) is 2.08. The van der Waals surface area contributed by atoms with Gasteiger partial charge in [0.15, 0.2) is 5.13 Å². The van der Waals surface area contributed by atoms with Gasteiger partial charge in [0.1, 0.15) is 6.54 Å². The van der Waals surface area contributed by atoms with Crippen LogP contribution in [0.15, 0.2) is 60.1 Å². The molecule has 2 N–H and O–H groups in total. The first kappa shape index (κ1) is 22.6. The van der Waals surface area contributed by atoms with E-state index in [-0.39, 0.29) is 36.7 Å². The third kappa shape index (κ3) is 6.69. The summed E-state index contributed by atoms with van der Waals surface area (Å²) in [6, 6.07) is 14.8. The molecule has 3 aromatic rings. The van der Waals surface area contributed by atoms with E-state index in [0.29, 0.717) is 29.4 Å². The van der Waals surface area contributed by atoms with Crippen LogP contribution in [0.4, 0.5) is 5.13 Å². The lowest BCUT2D eigenvalue weighted by molar-refractivity contribution is -0.120. The SMILES string of the molecule is O=C(Cc1csc(NC(=O)CN(C(=O)c2ccccc2)C2CC2)n1)NCCc1ccccn1. The van der Waals surface area contributed by atoms with E-state index in [9.17, 15) is 14.4 Å². The Morgan fingerprint density at radius 2 is 1.79 bits per heavy atom. The molecule has 2 heterocycles. The number of anilines is 1. The molecule has 33 heavy (non-hydrogen) atoms.